The van der Waals surface area contributed by atoms with Gasteiger partial charge in [0.25, 0.3) is 0 Å². The van der Waals surface area contributed by atoms with Gasteiger partial charge in [-0.2, -0.15) is 0 Å². The van der Waals surface area contributed by atoms with E-state index >= 15 is 0 Å². The van der Waals surface area contributed by atoms with Gasteiger partial charge < -0.3 is 11.1 Å². The van der Waals surface area contributed by atoms with Gasteiger partial charge in [0, 0.05) is 11.1 Å². The van der Waals surface area contributed by atoms with E-state index in [1.54, 1.807) is 0 Å². The number of carbonyl (C=O) groups excluding carboxylic acids is 1. The Labute approximate surface area is 130 Å². The lowest BCUT2D eigenvalue weighted by Gasteiger charge is -2.18. The number of halogens is 1. The number of nitrogens with one attached hydrogen (secondary N) is 1. The second-order valence-electron chi connectivity index (χ2n) is 5.09. The minimum absolute atomic E-state index is 0.0350. The zero-order valence-electron chi connectivity index (χ0n) is 11.9. The maximum Gasteiger partial charge on any atom is 0.241 e. The molecule has 0 fully saturated rings. The standard InChI is InChI=1S/C17H19ClN2O/c1-12(11-14-9-5-6-10-15(14)18)20-17(21)16(19)13-7-3-2-4-8-13/h2-10,12,16H,11,19H2,1H3,(H,20,21)/t12?,16-/m1/s1. The number of nitrogens with two attached hydrogens (primary N) is 1. The molecule has 0 spiro atoms. The molecule has 0 bridgehead atoms. The highest BCUT2D eigenvalue weighted by molar-refractivity contribution is 6.31. The van der Waals surface area contributed by atoms with E-state index in [9.17, 15) is 4.79 Å². The molecule has 110 valence electrons. The minimum atomic E-state index is -0.653. The average Bonchev–Trinajstić information content (AvgIpc) is 2.49. The third-order valence-electron chi connectivity index (χ3n) is 3.31. The van der Waals surface area contributed by atoms with Crippen molar-refractivity contribution in [2.75, 3.05) is 0 Å². The fourth-order valence-electron chi connectivity index (χ4n) is 2.19. The van der Waals surface area contributed by atoms with Crippen LogP contribution in [0.3, 0.4) is 0 Å². The van der Waals surface area contributed by atoms with Crippen molar-refractivity contribution >= 4 is 17.5 Å². The van der Waals surface area contributed by atoms with E-state index in [0.717, 1.165) is 11.1 Å². The highest BCUT2D eigenvalue weighted by atomic mass is 35.5. The predicted molar refractivity (Wildman–Crippen MR) is 86.1 cm³/mol. The van der Waals surface area contributed by atoms with Gasteiger partial charge in [0.15, 0.2) is 0 Å². The SMILES string of the molecule is CC(Cc1ccccc1Cl)NC(=O)[C@H](N)c1ccccc1. The lowest BCUT2D eigenvalue weighted by atomic mass is 10.0. The van der Waals surface area contributed by atoms with Crippen LogP contribution in [0.15, 0.2) is 54.6 Å². The zero-order valence-corrected chi connectivity index (χ0v) is 12.7. The lowest BCUT2D eigenvalue weighted by Crippen LogP contribution is -2.40. The van der Waals surface area contributed by atoms with Gasteiger partial charge in [0.2, 0.25) is 5.91 Å². The first-order valence-electron chi connectivity index (χ1n) is 6.92. The van der Waals surface area contributed by atoms with E-state index in [2.05, 4.69) is 5.32 Å². The molecule has 0 saturated heterocycles. The summed E-state index contributed by atoms with van der Waals surface area (Å²) in [7, 11) is 0. The molecule has 0 saturated carbocycles. The first-order chi connectivity index (χ1) is 10.1. The maximum absolute atomic E-state index is 12.2. The first-order valence-corrected chi connectivity index (χ1v) is 7.30. The molecule has 1 unspecified atom stereocenters. The van der Waals surface area contributed by atoms with Crippen LogP contribution in [-0.2, 0) is 11.2 Å². The van der Waals surface area contributed by atoms with Gasteiger partial charge in [-0.25, -0.2) is 0 Å². The summed E-state index contributed by atoms with van der Waals surface area (Å²) in [6.07, 6.45) is 0.674. The average molecular weight is 303 g/mol. The molecule has 4 heteroatoms. The summed E-state index contributed by atoms with van der Waals surface area (Å²) in [6.45, 7) is 1.94. The predicted octanol–water partition coefficient (Wildman–Crippen LogP) is 3.09. The summed E-state index contributed by atoms with van der Waals surface area (Å²) in [5.74, 6) is -0.180. The number of hydrogen-bond acceptors (Lipinski definition) is 2. The third-order valence-corrected chi connectivity index (χ3v) is 3.68. The molecule has 2 atom stereocenters. The van der Waals surface area contributed by atoms with Crippen LogP contribution >= 0.6 is 11.6 Å². The van der Waals surface area contributed by atoms with Crippen molar-refractivity contribution < 1.29 is 4.79 Å². The summed E-state index contributed by atoms with van der Waals surface area (Å²) >= 11 is 6.13. The fraction of sp³-hybridized carbons (Fsp3) is 0.235. The molecule has 0 aliphatic carbocycles. The van der Waals surface area contributed by atoms with Crippen LogP contribution in [0.25, 0.3) is 0 Å². The van der Waals surface area contributed by atoms with Crippen molar-refractivity contribution in [2.45, 2.75) is 25.4 Å². The molecule has 2 aromatic carbocycles. The quantitative estimate of drug-likeness (QED) is 0.892. The summed E-state index contributed by atoms with van der Waals surface area (Å²) in [5.41, 5.74) is 7.79. The second-order valence-corrected chi connectivity index (χ2v) is 5.50. The van der Waals surface area contributed by atoms with Crippen LogP contribution in [0.2, 0.25) is 5.02 Å². The van der Waals surface area contributed by atoms with Crippen molar-refractivity contribution in [3.05, 3.63) is 70.7 Å². The van der Waals surface area contributed by atoms with E-state index in [-0.39, 0.29) is 11.9 Å². The summed E-state index contributed by atoms with van der Waals surface area (Å²) in [6, 6.07) is 16.3. The molecule has 0 radical (unpaired) electrons. The van der Waals surface area contributed by atoms with E-state index in [1.165, 1.54) is 0 Å². The number of hydrogen-bond donors (Lipinski definition) is 2. The van der Waals surface area contributed by atoms with Crippen LogP contribution in [-0.4, -0.2) is 11.9 Å². The Bertz CT molecular complexity index is 601. The van der Waals surface area contributed by atoms with E-state index in [1.807, 2.05) is 61.5 Å². The number of carbonyl (C=O) groups is 1. The Hall–Kier alpha value is -1.84. The molecule has 2 rings (SSSR count). The summed E-state index contributed by atoms with van der Waals surface area (Å²) in [4.78, 5) is 12.2. The molecule has 0 aliphatic heterocycles. The molecular formula is C17H19ClN2O. The molecule has 3 nitrogen and oxygen atoms in total. The molecule has 1 amide bonds. The van der Waals surface area contributed by atoms with Gasteiger partial charge in [-0.3, -0.25) is 4.79 Å². The number of benzene rings is 2. The first kappa shape index (κ1) is 15.5. The Morgan fingerprint density at radius 1 is 1.14 bits per heavy atom. The van der Waals surface area contributed by atoms with Crippen molar-refractivity contribution in [1.29, 1.82) is 0 Å². The van der Waals surface area contributed by atoms with Gasteiger partial charge in [0.05, 0.1) is 0 Å². The maximum atomic E-state index is 12.2. The van der Waals surface area contributed by atoms with Crippen molar-refractivity contribution in [2.24, 2.45) is 5.73 Å². The van der Waals surface area contributed by atoms with E-state index < -0.39 is 6.04 Å². The Balaban J connectivity index is 1.95. The summed E-state index contributed by atoms with van der Waals surface area (Å²) in [5, 5.41) is 3.65. The Morgan fingerprint density at radius 2 is 1.76 bits per heavy atom. The smallest absolute Gasteiger partial charge is 0.241 e. The van der Waals surface area contributed by atoms with Crippen molar-refractivity contribution in [3.63, 3.8) is 0 Å². The number of rotatable bonds is 5. The molecular weight excluding hydrogens is 284 g/mol. The van der Waals surface area contributed by atoms with Gasteiger partial charge in [-0.05, 0) is 30.5 Å². The monoisotopic (exact) mass is 302 g/mol. The van der Waals surface area contributed by atoms with Gasteiger partial charge in [-0.1, -0.05) is 60.1 Å². The third kappa shape index (κ3) is 4.31. The highest BCUT2D eigenvalue weighted by Gasteiger charge is 2.17. The largest absolute Gasteiger partial charge is 0.352 e. The normalized spacial score (nSPS) is 13.5. The van der Waals surface area contributed by atoms with Gasteiger partial charge >= 0.3 is 0 Å². The lowest BCUT2D eigenvalue weighted by molar-refractivity contribution is -0.123. The van der Waals surface area contributed by atoms with Crippen LogP contribution < -0.4 is 11.1 Å². The van der Waals surface area contributed by atoms with Crippen LogP contribution in [0, 0.1) is 0 Å². The second kappa shape index (κ2) is 7.25. The van der Waals surface area contributed by atoms with E-state index in [0.29, 0.717) is 11.4 Å². The topological polar surface area (TPSA) is 55.1 Å². The highest BCUT2D eigenvalue weighted by Crippen LogP contribution is 2.17. The zero-order chi connectivity index (χ0) is 15.2. The molecule has 3 N–H and O–H groups in total. The van der Waals surface area contributed by atoms with Crippen LogP contribution in [0.4, 0.5) is 0 Å². The molecule has 0 aromatic heterocycles. The van der Waals surface area contributed by atoms with Gasteiger partial charge in [-0.15, -0.1) is 0 Å². The number of amides is 1. The van der Waals surface area contributed by atoms with E-state index in [4.69, 9.17) is 17.3 Å². The molecule has 0 heterocycles. The van der Waals surface area contributed by atoms with Crippen LogP contribution in [0.1, 0.15) is 24.1 Å². The van der Waals surface area contributed by atoms with Crippen molar-refractivity contribution in [1.82, 2.24) is 5.32 Å². The molecule has 2 aromatic rings. The Morgan fingerprint density at radius 3 is 2.43 bits per heavy atom. The molecule has 0 aliphatic rings. The fourth-order valence-corrected chi connectivity index (χ4v) is 2.40. The molecule has 21 heavy (non-hydrogen) atoms. The van der Waals surface area contributed by atoms with Crippen LogP contribution in [0.5, 0.6) is 0 Å². The Kier molecular flexibility index (Phi) is 5.37. The minimum Gasteiger partial charge on any atom is -0.352 e. The summed E-state index contributed by atoms with van der Waals surface area (Å²) < 4.78 is 0. The van der Waals surface area contributed by atoms with Crippen molar-refractivity contribution in [3.8, 4) is 0 Å². The van der Waals surface area contributed by atoms with Gasteiger partial charge in [0.1, 0.15) is 6.04 Å².